The Morgan fingerprint density at radius 1 is 1.36 bits per heavy atom. The monoisotopic (exact) mass is 189 g/mol. The molecule has 6 heteroatoms. The first-order chi connectivity index (χ1) is 6.86. The fourth-order valence-electron chi connectivity index (χ4n) is 0.929. The molecule has 0 unspecified atom stereocenters. The number of aromatic nitrogens is 4. The second-order valence-electron chi connectivity index (χ2n) is 2.55. The molecular weight excluding hydrogens is 182 g/mol. The molecule has 0 aliphatic heterocycles. The van der Waals surface area contributed by atoms with Gasteiger partial charge in [0.05, 0.1) is 6.21 Å². The van der Waals surface area contributed by atoms with Crippen molar-refractivity contribution in [3.05, 3.63) is 46.4 Å². The van der Waals surface area contributed by atoms with Crippen LogP contribution in [-0.2, 0) is 0 Å². The van der Waals surface area contributed by atoms with E-state index in [-0.39, 0.29) is 0 Å². The van der Waals surface area contributed by atoms with Crippen molar-refractivity contribution in [2.45, 2.75) is 0 Å². The first-order valence-corrected chi connectivity index (χ1v) is 3.96. The van der Waals surface area contributed by atoms with Crippen LogP contribution in [0, 0.1) is 0 Å². The van der Waals surface area contributed by atoms with E-state index in [9.17, 15) is 4.79 Å². The Bertz CT molecular complexity index is 484. The molecule has 1 aromatic carbocycles. The summed E-state index contributed by atoms with van der Waals surface area (Å²) in [5, 5.41) is 12.7. The van der Waals surface area contributed by atoms with Gasteiger partial charge in [-0.15, -0.1) is 0 Å². The van der Waals surface area contributed by atoms with Crippen LogP contribution in [0.25, 0.3) is 0 Å². The Hall–Kier alpha value is -2.24. The third kappa shape index (κ3) is 1.74. The molecule has 0 saturated heterocycles. The third-order valence-electron chi connectivity index (χ3n) is 1.57. The van der Waals surface area contributed by atoms with Crippen LogP contribution in [0.15, 0.2) is 40.2 Å². The predicted octanol–water partition coefficient (Wildman–Crippen LogP) is -0.151. The molecule has 2 aromatic rings. The first-order valence-electron chi connectivity index (χ1n) is 3.96. The topological polar surface area (TPSA) is 75.9 Å². The maximum absolute atomic E-state index is 10.9. The lowest BCUT2D eigenvalue weighted by atomic mass is 10.2. The van der Waals surface area contributed by atoms with Crippen molar-refractivity contribution in [1.82, 2.24) is 20.3 Å². The molecule has 2 rings (SSSR count). The molecule has 0 radical (unpaired) electrons. The van der Waals surface area contributed by atoms with Crippen LogP contribution >= 0.6 is 0 Å². The number of benzene rings is 1. The smallest absolute Gasteiger partial charge is 0.242 e. The largest absolute Gasteiger partial charge is 0.382 e. The van der Waals surface area contributed by atoms with Crippen molar-refractivity contribution in [3.8, 4) is 0 Å². The van der Waals surface area contributed by atoms with E-state index in [0.717, 1.165) is 10.4 Å². The number of hydrogen-bond donors (Lipinski definition) is 1. The highest BCUT2D eigenvalue weighted by Gasteiger charge is 1.92. The van der Waals surface area contributed by atoms with E-state index in [4.69, 9.17) is 0 Å². The van der Waals surface area contributed by atoms with Crippen LogP contribution < -0.4 is 5.69 Å². The molecule has 0 spiro atoms. The van der Waals surface area contributed by atoms with Crippen molar-refractivity contribution in [3.63, 3.8) is 0 Å². The van der Waals surface area contributed by atoms with Crippen LogP contribution in [-0.4, -0.2) is 26.5 Å². The molecule has 0 fully saturated rings. The van der Waals surface area contributed by atoms with E-state index >= 15 is 0 Å². The van der Waals surface area contributed by atoms with Crippen molar-refractivity contribution in [2.75, 3.05) is 0 Å². The van der Waals surface area contributed by atoms with Gasteiger partial charge in [-0.2, -0.15) is 5.10 Å². The van der Waals surface area contributed by atoms with E-state index in [1.165, 1.54) is 6.21 Å². The Morgan fingerprint density at radius 2 is 2.14 bits per heavy atom. The molecule has 0 bridgehead atoms. The minimum absolute atomic E-state index is 0.461. The summed E-state index contributed by atoms with van der Waals surface area (Å²) in [6.07, 6.45) is 1.53. The van der Waals surface area contributed by atoms with Crippen LogP contribution in [0.2, 0.25) is 0 Å². The van der Waals surface area contributed by atoms with Gasteiger partial charge in [0.25, 0.3) is 0 Å². The van der Waals surface area contributed by atoms with E-state index in [1.54, 1.807) is 0 Å². The summed E-state index contributed by atoms with van der Waals surface area (Å²) in [6.45, 7) is 0. The number of H-pyrrole nitrogens is 1. The average molecular weight is 189 g/mol. The zero-order valence-electron chi connectivity index (χ0n) is 7.16. The van der Waals surface area contributed by atoms with Crippen molar-refractivity contribution in [1.29, 1.82) is 0 Å². The number of aromatic amines is 1. The summed E-state index contributed by atoms with van der Waals surface area (Å²) in [6, 6.07) is 9.41. The number of nitrogens with one attached hydrogen (secondary N) is 1. The van der Waals surface area contributed by atoms with Crippen molar-refractivity contribution < 1.29 is 0 Å². The van der Waals surface area contributed by atoms with Crippen LogP contribution in [0.3, 0.4) is 0 Å². The van der Waals surface area contributed by atoms with Gasteiger partial charge in [0.15, 0.2) is 0 Å². The number of tetrazole rings is 1. The second kappa shape index (κ2) is 3.65. The molecule has 0 amide bonds. The Morgan fingerprint density at radius 3 is 2.79 bits per heavy atom. The number of hydrogen-bond acceptors (Lipinski definition) is 4. The van der Waals surface area contributed by atoms with Gasteiger partial charge in [-0.05, 0) is 16.0 Å². The lowest BCUT2D eigenvalue weighted by Crippen LogP contribution is -2.13. The van der Waals surface area contributed by atoms with Crippen molar-refractivity contribution in [2.24, 2.45) is 5.10 Å². The molecule has 70 valence electrons. The lowest BCUT2D eigenvalue weighted by molar-refractivity contribution is 0.677. The summed E-state index contributed by atoms with van der Waals surface area (Å²) >= 11 is 0. The summed E-state index contributed by atoms with van der Waals surface area (Å²) in [5.74, 6) is 0. The summed E-state index contributed by atoms with van der Waals surface area (Å²) < 4.78 is 0. The SMILES string of the molecule is O=c1[nH]nnn1N=Cc1ccccc1. The Kier molecular flexibility index (Phi) is 2.18. The van der Waals surface area contributed by atoms with Gasteiger partial charge in [-0.3, -0.25) is 0 Å². The maximum Gasteiger partial charge on any atom is 0.382 e. The molecule has 1 heterocycles. The maximum atomic E-state index is 10.9. The summed E-state index contributed by atoms with van der Waals surface area (Å²) in [5.41, 5.74) is 0.430. The van der Waals surface area contributed by atoms with E-state index in [2.05, 4.69) is 20.6 Å². The molecule has 14 heavy (non-hydrogen) atoms. The molecule has 0 aliphatic carbocycles. The minimum Gasteiger partial charge on any atom is -0.242 e. The van der Waals surface area contributed by atoms with Crippen LogP contribution in [0.5, 0.6) is 0 Å². The molecule has 1 N–H and O–H groups in total. The van der Waals surface area contributed by atoms with Crippen molar-refractivity contribution >= 4 is 6.21 Å². The predicted molar refractivity (Wildman–Crippen MR) is 50.1 cm³/mol. The van der Waals surface area contributed by atoms with Gasteiger partial charge in [0.1, 0.15) is 0 Å². The van der Waals surface area contributed by atoms with Gasteiger partial charge in [0.2, 0.25) is 0 Å². The van der Waals surface area contributed by atoms with Gasteiger partial charge in [0, 0.05) is 0 Å². The van der Waals surface area contributed by atoms with Gasteiger partial charge >= 0.3 is 5.69 Å². The number of rotatable bonds is 2. The summed E-state index contributed by atoms with van der Waals surface area (Å²) in [4.78, 5) is 11.8. The molecule has 0 saturated carbocycles. The average Bonchev–Trinajstić information content (AvgIpc) is 2.63. The van der Waals surface area contributed by atoms with Crippen LogP contribution in [0.4, 0.5) is 0 Å². The fourth-order valence-corrected chi connectivity index (χ4v) is 0.929. The lowest BCUT2D eigenvalue weighted by Gasteiger charge is -1.88. The molecule has 0 aliphatic rings. The Balaban J connectivity index is 2.24. The standard InChI is InChI=1S/C8H7N5O/c14-8-10-11-12-13(8)9-6-7-4-2-1-3-5-7/h1-6H,(H,10,12,14). The first kappa shape index (κ1) is 8.36. The van der Waals surface area contributed by atoms with Crippen LogP contribution in [0.1, 0.15) is 5.56 Å². The van der Waals surface area contributed by atoms with E-state index in [0.29, 0.717) is 0 Å². The summed E-state index contributed by atoms with van der Waals surface area (Å²) in [7, 11) is 0. The minimum atomic E-state index is -0.461. The Labute approximate surface area is 78.9 Å². The van der Waals surface area contributed by atoms with E-state index < -0.39 is 5.69 Å². The molecular formula is C8H7N5O. The second-order valence-corrected chi connectivity index (χ2v) is 2.55. The normalized spacial score (nSPS) is 10.9. The zero-order valence-corrected chi connectivity index (χ0v) is 7.16. The number of nitrogens with zero attached hydrogens (tertiary/aromatic N) is 4. The van der Waals surface area contributed by atoms with Gasteiger partial charge in [-0.25, -0.2) is 9.89 Å². The van der Waals surface area contributed by atoms with Gasteiger partial charge in [-0.1, -0.05) is 35.1 Å². The quantitative estimate of drug-likeness (QED) is 0.667. The molecule has 1 aromatic heterocycles. The van der Waals surface area contributed by atoms with Gasteiger partial charge < -0.3 is 0 Å². The highest BCUT2D eigenvalue weighted by Crippen LogP contribution is 1.93. The molecule has 0 atom stereocenters. The molecule has 6 nitrogen and oxygen atoms in total. The third-order valence-corrected chi connectivity index (χ3v) is 1.57. The fraction of sp³-hybridized carbons (Fsp3) is 0. The van der Waals surface area contributed by atoms with E-state index in [1.807, 2.05) is 30.3 Å². The highest BCUT2D eigenvalue weighted by atomic mass is 16.2. The zero-order chi connectivity index (χ0) is 9.80. The highest BCUT2D eigenvalue weighted by molar-refractivity contribution is 5.79.